The molecule has 1 aliphatic rings. The zero-order chi connectivity index (χ0) is 23.0. The number of hydrogen-bond donors (Lipinski definition) is 2. The zero-order valence-corrected chi connectivity index (χ0v) is 19.1. The van der Waals surface area contributed by atoms with Crippen molar-refractivity contribution in [1.29, 1.82) is 0 Å². The van der Waals surface area contributed by atoms with Gasteiger partial charge in [-0.3, -0.25) is 14.2 Å². The fraction of sp³-hybridized carbons (Fsp3) is 0.478. The molecule has 1 amide bonds. The topological polar surface area (TPSA) is 95.6 Å². The van der Waals surface area contributed by atoms with Gasteiger partial charge in [0.25, 0.3) is 5.56 Å². The van der Waals surface area contributed by atoms with Gasteiger partial charge in [0.2, 0.25) is 5.91 Å². The molecule has 1 fully saturated rings. The Kier molecular flexibility index (Phi) is 6.34. The minimum Gasteiger partial charge on any atom is -0.402 e. The summed E-state index contributed by atoms with van der Waals surface area (Å²) in [4.78, 5) is 25.8. The summed E-state index contributed by atoms with van der Waals surface area (Å²) in [5.74, 6) is -0.617. The Hall–Kier alpha value is -2.58. The molecule has 166 valence electrons. The first-order valence-corrected chi connectivity index (χ1v) is 10.6. The summed E-state index contributed by atoms with van der Waals surface area (Å²) in [6.07, 6.45) is 0. The van der Waals surface area contributed by atoms with Crippen molar-refractivity contribution < 1.29 is 14.1 Å². The number of carbonyl (C=O) groups is 1. The predicted octanol–water partition coefficient (Wildman–Crippen LogP) is 2.87. The third-order valence-electron chi connectivity index (χ3n) is 6.19. The third-order valence-corrected chi connectivity index (χ3v) is 6.19. The van der Waals surface area contributed by atoms with E-state index in [1.807, 2.05) is 71.9 Å². The monoisotopic (exact) mass is 425 g/mol. The first-order chi connectivity index (χ1) is 14.4. The summed E-state index contributed by atoms with van der Waals surface area (Å²) in [5, 5.41) is 3.02. The Morgan fingerprint density at radius 1 is 1.06 bits per heavy atom. The van der Waals surface area contributed by atoms with Gasteiger partial charge in [0.1, 0.15) is 6.54 Å². The van der Waals surface area contributed by atoms with Gasteiger partial charge < -0.3 is 20.4 Å². The largest absolute Gasteiger partial charge is 0.482 e. The second kappa shape index (κ2) is 8.51. The Morgan fingerprint density at radius 2 is 1.65 bits per heavy atom. The van der Waals surface area contributed by atoms with Crippen LogP contribution in [0.15, 0.2) is 47.3 Å². The van der Waals surface area contributed by atoms with Gasteiger partial charge in [0.15, 0.2) is 0 Å². The molecule has 0 radical (unpaired) electrons. The molecule has 0 aliphatic carbocycles. The van der Waals surface area contributed by atoms with Crippen LogP contribution < -0.4 is 16.6 Å². The van der Waals surface area contributed by atoms with Crippen LogP contribution in [0, 0.1) is 5.92 Å². The molecule has 1 aliphatic heterocycles. The Labute approximate surface area is 184 Å². The molecule has 1 aromatic heterocycles. The second-order valence-electron chi connectivity index (χ2n) is 9.39. The minimum absolute atomic E-state index is 0.0600. The number of hydrogen-bond acceptors (Lipinski definition) is 5. The summed E-state index contributed by atoms with van der Waals surface area (Å²) in [5.41, 5.74) is 6.01. The highest BCUT2D eigenvalue weighted by molar-refractivity contribution is 6.48. The average Bonchev–Trinajstić information content (AvgIpc) is 2.91. The van der Waals surface area contributed by atoms with Crippen LogP contribution in [-0.4, -0.2) is 34.7 Å². The van der Waals surface area contributed by atoms with Crippen molar-refractivity contribution in [1.82, 2.24) is 9.88 Å². The first kappa shape index (κ1) is 23.1. The Bertz CT molecular complexity index is 986. The number of aromatic nitrogens is 1. The molecule has 3 N–H and O–H groups in total. The summed E-state index contributed by atoms with van der Waals surface area (Å²) in [6.45, 7) is 11.7. The standard InChI is InChI=1S/C23H32BN3O4/c1-15(2)20(24-30-22(3,4)23(5,6)31-24)26-19(28)14-27-18(13-12-17(25)21(27)29)16-10-8-7-9-11-16/h7-13,15,20H,14,25H2,1-6H3,(H,26,28). The molecule has 31 heavy (non-hydrogen) atoms. The number of nitrogens with two attached hydrogens (primary N) is 1. The van der Waals surface area contributed by atoms with E-state index in [1.54, 1.807) is 12.1 Å². The molecule has 0 saturated carbocycles. The molecular weight excluding hydrogens is 393 g/mol. The van der Waals surface area contributed by atoms with Crippen LogP contribution in [0.1, 0.15) is 41.5 Å². The lowest BCUT2D eigenvalue weighted by Crippen LogP contribution is -2.52. The molecule has 1 saturated heterocycles. The van der Waals surface area contributed by atoms with Gasteiger partial charge in [0.05, 0.1) is 28.5 Å². The van der Waals surface area contributed by atoms with Gasteiger partial charge in [-0.25, -0.2) is 0 Å². The van der Waals surface area contributed by atoms with Crippen LogP contribution in [0.2, 0.25) is 0 Å². The van der Waals surface area contributed by atoms with Gasteiger partial charge in [-0.1, -0.05) is 44.2 Å². The quantitative estimate of drug-likeness (QED) is 0.694. The SMILES string of the molecule is CC(C)C(NC(=O)Cn1c(-c2ccccc2)ccc(N)c1=O)B1OC(C)(C)C(C)(C)O1. The highest BCUT2D eigenvalue weighted by Gasteiger charge is 2.54. The van der Waals surface area contributed by atoms with E-state index >= 15 is 0 Å². The van der Waals surface area contributed by atoms with Crippen molar-refractivity contribution >= 4 is 18.7 Å². The Balaban J connectivity index is 1.85. The maximum Gasteiger partial charge on any atom is 0.482 e. The predicted molar refractivity (Wildman–Crippen MR) is 123 cm³/mol. The van der Waals surface area contributed by atoms with Crippen molar-refractivity contribution in [3.05, 3.63) is 52.8 Å². The number of anilines is 1. The Morgan fingerprint density at radius 3 is 2.19 bits per heavy atom. The fourth-order valence-corrected chi connectivity index (χ4v) is 3.57. The van der Waals surface area contributed by atoms with Crippen molar-refractivity contribution in [2.24, 2.45) is 5.92 Å². The summed E-state index contributed by atoms with van der Waals surface area (Å²) < 4.78 is 13.7. The molecule has 7 nitrogen and oxygen atoms in total. The minimum atomic E-state index is -0.583. The van der Waals surface area contributed by atoms with E-state index in [1.165, 1.54) is 4.57 Å². The normalized spacial score (nSPS) is 18.2. The molecule has 2 heterocycles. The zero-order valence-electron chi connectivity index (χ0n) is 19.1. The second-order valence-corrected chi connectivity index (χ2v) is 9.39. The molecule has 1 unspecified atom stereocenters. The molecule has 1 atom stereocenters. The van der Waals surface area contributed by atoms with Crippen molar-refractivity contribution in [3.63, 3.8) is 0 Å². The summed E-state index contributed by atoms with van der Waals surface area (Å²) >= 11 is 0. The lowest BCUT2D eigenvalue weighted by Gasteiger charge is -2.32. The van der Waals surface area contributed by atoms with E-state index in [-0.39, 0.29) is 30.0 Å². The average molecular weight is 425 g/mol. The van der Waals surface area contributed by atoms with Crippen molar-refractivity contribution in [3.8, 4) is 11.3 Å². The van der Waals surface area contributed by atoms with Crippen LogP contribution in [0.25, 0.3) is 11.3 Å². The molecule has 0 spiro atoms. The van der Waals surface area contributed by atoms with Crippen LogP contribution in [-0.2, 0) is 20.6 Å². The van der Waals surface area contributed by atoms with E-state index in [4.69, 9.17) is 15.0 Å². The van der Waals surface area contributed by atoms with E-state index in [2.05, 4.69) is 5.32 Å². The number of nitrogens with zero attached hydrogens (tertiary/aromatic N) is 1. The van der Waals surface area contributed by atoms with Crippen LogP contribution in [0.5, 0.6) is 0 Å². The number of nitrogen functional groups attached to an aromatic ring is 1. The lowest BCUT2D eigenvalue weighted by molar-refractivity contribution is -0.122. The van der Waals surface area contributed by atoms with Gasteiger partial charge in [-0.15, -0.1) is 0 Å². The fourth-order valence-electron chi connectivity index (χ4n) is 3.57. The molecule has 3 rings (SSSR count). The number of rotatable bonds is 6. The number of carbonyl (C=O) groups excluding carboxylic acids is 1. The lowest BCUT2D eigenvalue weighted by atomic mass is 9.72. The molecule has 8 heteroatoms. The van der Waals surface area contributed by atoms with E-state index in [9.17, 15) is 9.59 Å². The van der Waals surface area contributed by atoms with Crippen molar-refractivity contribution in [2.75, 3.05) is 5.73 Å². The van der Waals surface area contributed by atoms with E-state index in [0.717, 1.165) is 5.56 Å². The van der Waals surface area contributed by atoms with E-state index < -0.39 is 23.9 Å². The van der Waals surface area contributed by atoms with Crippen LogP contribution in [0.4, 0.5) is 5.69 Å². The molecule has 2 aromatic rings. The number of amides is 1. The highest BCUT2D eigenvalue weighted by Crippen LogP contribution is 2.38. The molecule has 0 bridgehead atoms. The van der Waals surface area contributed by atoms with Gasteiger partial charge in [-0.05, 0) is 51.3 Å². The van der Waals surface area contributed by atoms with Gasteiger partial charge >= 0.3 is 7.12 Å². The smallest absolute Gasteiger partial charge is 0.402 e. The maximum absolute atomic E-state index is 13.0. The molecular formula is C23H32BN3O4. The van der Waals surface area contributed by atoms with Crippen LogP contribution >= 0.6 is 0 Å². The summed E-state index contributed by atoms with van der Waals surface area (Å²) in [7, 11) is -0.583. The molecule has 1 aromatic carbocycles. The third kappa shape index (κ3) is 4.70. The summed E-state index contributed by atoms with van der Waals surface area (Å²) in [6, 6.07) is 12.8. The number of pyridine rings is 1. The van der Waals surface area contributed by atoms with Crippen molar-refractivity contribution in [2.45, 2.75) is 65.2 Å². The maximum atomic E-state index is 13.0. The van der Waals surface area contributed by atoms with Gasteiger partial charge in [0, 0.05) is 0 Å². The number of nitrogens with one attached hydrogen (secondary N) is 1. The highest BCUT2D eigenvalue weighted by atomic mass is 16.7. The van der Waals surface area contributed by atoms with Crippen LogP contribution in [0.3, 0.4) is 0 Å². The van der Waals surface area contributed by atoms with Gasteiger partial charge in [-0.2, -0.15) is 0 Å². The van der Waals surface area contributed by atoms with E-state index in [0.29, 0.717) is 5.69 Å². The first-order valence-electron chi connectivity index (χ1n) is 10.6. The number of benzene rings is 1.